The van der Waals surface area contributed by atoms with Crippen molar-refractivity contribution in [3.63, 3.8) is 0 Å². The summed E-state index contributed by atoms with van der Waals surface area (Å²) in [5.41, 5.74) is 1.70. The molecule has 0 fully saturated rings. The van der Waals surface area contributed by atoms with E-state index in [1.54, 1.807) is 32.6 Å². The molecule has 0 atom stereocenters. The van der Waals surface area contributed by atoms with Crippen molar-refractivity contribution in [3.8, 4) is 11.6 Å². The Bertz CT molecular complexity index is 748. The van der Waals surface area contributed by atoms with Crippen molar-refractivity contribution < 1.29 is 19.0 Å². The van der Waals surface area contributed by atoms with Gasteiger partial charge in [0.2, 0.25) is 11.8 Å². The highest BCUT2D eigenvalue weighted by Gasteiger charge is 2.03. The lowest BCUT2D eigenvalue weighted by Crippen LogP contribution is -2.20. The molecule has 1 aromatic carbocycles. The molecule has 1 heterocycles. The Morgan fingerprint density at radius 2 is 2.08 bits per heavy atom. The molecule has 26 heavy (non-hydrogen) atoms. The fourth-order valence-corrected chi connectivity index (χ4v) is 2.46. The Morgan fingerprint density at radius 3 is 2.77 bits per heavy atom. The van der Waals surface area contributed by atoms with Gasteiger partial charge in [0.15, 0.2) is 0 Å². The number of carbonyl (C=O) groups excluding carboxylic acids is 1. The van der Waals surface area contributed by atoms with Gasteiger partial charge in [-0.3, -0.25) is 4.79 Å². The normalized spacial score (nSPS) is 10.7. The SMILES string of the molecule is COCCOc1ccc(CNC(=O)/C=C/c2cc(Br)ccc2OC)cn1. The molecule has 0 bridgehead atoms. The maximum Gasteiger partial charge on any atom is 0.244 e. The quantitative estimate of drug-likeness (QED) is 0.498. The third-order valence-electron chi connectivity index (χ3n) is 3.41. The van der Waals surface area contributed by atoms with Crippen molar-refractivity contribution in [2.75, 3.05) is 27.4 Å². The third-order valence-corrected chi connectivity index (χ3v) is 3.90. The Morgan fingerprint density at radius 1 is 1.23 bits per heavy atom. The Labute approximate surface area is 161 Å². The van der Waals surface area contributed by atoms with Gasteiger partial charge in [0.1, 0.15) is 12.4 Å². The summed E-state index contributed by atoms with van der Waals surface area (Å²) >= 11 is 3.41. The first kappa shape index (κ1) is 19.9. The van der Waals surface area contributed by atoms with E-state index in [1.807, 2.05) is 24.3 Å². The lowest BCUT2D eigenvalue weighted by Gasteiger charge is -2.06. The van der Waals surface area contributed by atoms with Crippen molar-refractivity contribution in [1.82, 2.24) is 10.3 Å². The fourth-order valence-electron chi connectivity index (χ4n) is 2.08. The number of methoxy groups -OCH3 is 2. The second-order valence-electron chi connectivity index (χ2n) is 5.28. The van der Waals surface area contributed by atoms with Crippen molar-refractivity contribution in [3.05, 3.63) is 58.2 Å². The minimum Gasteiger partial charge on any atom is -0.496 e. The fraction of sp³-hybridized carbons (Fsp3) is 0.263. The van der Waals surface area contributed by atoms with Crippen molar-refractivity contribution in [2.45, 2.75) is 6.54 Å². The molecule has 0 aliphatic carbocycles. The summed E-state index contributed by atoms with van der Waals surface area (Å²) in [7, 11) is 3.21. The van der Waals surface area contributed by atoms with Gasteiger partial charge in [0, 0.05) is 42.0 Å². The topological polar surface area (TPSA) is 69.7 Å². The summed E-state index contributed by atoms with van der Waals surface area (Å²) in [5.74, 6) is 1.02. The maximum atomic E-state index is 12.0. The zero-order valence-corrected chi connectivity index (χ0v) is 16.3. The molecule has 2 rings (SSSR count). The number of aromatic nitrogens is 1. The number of carbonyl (C=O) groups is 1. The van der Waals surface area contributed by atoms with E-state index in [9.17, 15) is 4.79 Å². The molecule has 1 amide bonds. The van der Waals surface area contributed by atoms with E-state index in [4.69, 9.17) is 14.2 Å². The lowest BCUT2D eigenvalue weighted by molar-refractivity contribution is -0.116. The van der Waals surface area contributed by atoms with E-state index in [-0.39, 0.29) is 5.91 Å². The molecule has 0 saturated carbocycles. The predicted molar refractivity (Wildman–Crippen MR) is 103 cm³/mol. The zero-order chi connectivity index (χ0) is 18.8. The van der Waals surface area contributed by atoms with Crippen LogP contribution in [0.3, 0.4) is 0 Å². The smallest absolute Gasteiger partial charge is 0.244 e. The van der Waals surface area contributed by atoms with Crippen LogP contribution < -0.4 is 14.8 Å². The van der Waals surface area contributed by atoms with Gasteiger partial charge in [-0.15, -0.1) is 0 Å². The summed E-state index contributed by atoms with van der Waals surface area (Å²) in [6, 6.07) is 9.22. The summed E-state index contributed by atoms with van der Waals surface area (Å²) in [6.45, 7) is 1.34. The molecule has 0 spiro atoms. The van der Waals surface area contributed by atoms with Crippen LogP contribution in [0, 0.1) is 0 Å². The number of hydrogen-bond acceptors (Lipinski definition) is 5. The van der Waals surface area contributed by atoms with E-state index in [0.29, 0.717) is 31.4 Å². The minimum absolute atomic E-state index is 0.201. The van der Waals surface area contributed by atoms with Gasteiger partial charge in [-0.2, -0.15) is 0 Å². The summed E-state index contributed by atoms with van der Waals surface area (Å²) in [4.78, 5) is 16.2. The summed E-state index contributed by atoms with van der Waals surface area (Å²) in [5, 5.41) is 2.81. The third kappa shape index (κ3) is 6.50. The highest BCUT2D eigenvalue weighted by molar-refractivity contribution is 9.10. The number of nitrogens with one attached hydrogen (secondary N) is 1. The van der Waals surface area contributed by atoms with Crippen LogP contribution in [0.2, 0.25) is 0 Å². The van der Waals surface area contributed by atoms with Gasteiger partial charge in [0.25, 0.3) is 0 Å². The predicted octanol–water partition coefficient (Wildman–Crippen LogP) is 3.21. The highest BCUT2D eigenvalue weighted by Crippen LogP contribution is 2.24. The maximum absolute atomic E-state index is 12.0. The number of amides is 1. The van der Waals surface area contributed by atoms with Crippen LogP contribution in [0.4, 0.5) is 0 Å². The molecule has 7 heteroatoms. The molecule has 0 radical (unpaired) electrons. The molecule has 6 nitrogen and oxygen atoms in total. The van der Waals surface area contributed by atoms with Crippen molar-refractivity contribution >= 4 is 27.9 Å². The van der Waals surface area contributed by atoms with Crippen molar-refractivity contribution in [1.29, 1.82) is 0 Å². The number of ether oxygens (including phenoxy) is 3. The molecule has 1 aromatic heterocycles. The van der Waals surface area contributed by atoms with Crippen LogP contribution in [0.1, 0.15) is 11.1 Å². The molecule has 0 unspecified atom stereocenters. The van der Waals surface area contributed by atoms with E-state index in [1.165, 1.54) is 6.08 Å². The Balaban J connectivity index is 1.86. The van der Waals surface area contributed by atoms with E-state index < -0.39 is 0 Å². The number of pyridine rings is 1. The average molecular weight is 421 g/mol. The van der Waals surface area contributed by atoms with Gasteiger partial charge >= 0.3 is 0 Å². The van der Waals surface area contributed by atoms with E-state index in [2.05, 4.69) is 26.2 Å². The van der Waals surface area contributed by atoms with Crippen LogP contribution in [0.5, 0.6) is 11.6 Å². The molecule has 0 aliphatic rings. The van der Waals surface area contributed by atoms with Crippen molar-refractivity contribution in [2.24, 2.45) is 0 Å². The second-order valence-corrected chi connectivity index (χ2v) is 6.20. The van der Waals surface area contributed by atoms with E-state index >= 15 is 0 Å². The van der Waals surface area contributed by atoms with Gasteiger partial charge in [-0.25, -0.2) is 4.98 Å². The standard InChI is InChI=1S/C19H21BrN2O4/c1-24-9-10-26-19-8-3-14(13-22-19)12-21-18(23)7-4-15-11-16(20)5-6-17(15)25-2/h3-8,11,13H,9-10,12H2,1-2H3,(H,21,23)/b7-4+. The zero-order valence-electron chi connectivity index (χ0n) is 14.7. The first-order valence-electron chi connectivity index (χ1n) is 7.98. The molecular weight excluding hydrogens is 400 g/mol. The first-order chi connectivity index (χ1) is 12.6. The first-order valence-corrected chi connectivity index (χ1v) is 8.78. The van der Waals surface area contributed by atoms with Crippen LogP contribution in [0.25, 0.3) is 6.08 Å². The van der Waals surface area contributed by atoms with Gasteiger partial charge < -0.3 is 19.5 Å². The monoisotopic (exact) mass is 420 g/mol. The number of hydrogen-bond donors (Lipinski definition) is 1. The number of nitrogens with zero attached hydrogens (tertiary/aromatic N) is 1. The summed E-state index contributed by atoms with van der Waals surface area (Å²) < 4.78 is 16.5. The molecular formula is C19H21BrN2O4. The molecule has 2 aromatic rings. The van der Waals surface area contributed by atoms with Gasteiger partial charge in [0.05, 0.1) is 13.7 Å². The van der Waals surface area contributed by atoms with E-state index in [0.717, 1.165) is 15.6 Å². The summed E-state index contributed by atoms with van der Waals surface area (Å²) in [6.07, 6.45) is 4.85. The molecule has 1 N–H and O–H groups in total. The van der Waals surface area contributed by atoms with Crippen LogP contribution >= 0.6 is 15.9 Å². The minimum atomic E-state index is -0.201. The molecule has 0 aliphatic heterocycles. The Kier molecular flexibility index (Phi) is 8.11. The largest absolute Gasteiger partial charge is 0.496 e. The second kappa shape index (κ2) is 10.6. The number of halogens is 1. The van der Waals surface area contributed by atoms with Gasteiger partial charge in [-0.1, -0.05) is 22.0 Å². The lowest BCUT2D eigenvalue weighted by atomic mass is 10.2. The van der Waals surface area contributed by atoms with Gasteiger partial charge in [-0.05, 0) is 29.8 Å². The molecule has 138 valence electrons. The average Bonchev–Trinajstić information content (AvgIpc) is 2.66. The number of rotatable bonds is 9. The van der Waals surface area contributed by atoms with Crippen LogP contribution in [-0.2, 0) is 16.1 Å². The highest BCUT2D eigenvalue weighted by atomic mass is 79.9. The molecule has 0 saturated heterocycles. The number of benzene rings is 1. The Hall–Kier alpha value is -2.38. The van der Waals surface area contributed by atoms with Crippen LogP contribution in [-0.4, -0.2) is 38.3 Å². The van der Waals surface area contributed by atoms with Crippen LogP contribution in [0.15, 0.2) is 47.1 Å².